The molecule has 3 amide bonds. The largest absolute Gasteiger partial charge is 0.455 e. The number of benzene rings is 1. The van der Waals surface area contributed by atoms with Crippen molar-refractivity contribution in [2.24, 2.45) is 11.8 Å². The van der Waals surface area contributed by atoms with Crippen LogP contribution in [-0.2, 0) is 28.7 Å². The molecule has 3 saturated heterocycles. The summed E-state index contributed by atoms with van der Waals surface area (Å²) in [5.41, 5.74) is -0.437. The predicted molar refractivity (Wildman–Crippen MR) is 165 cm³/mol. The van der Waals surface area contributed by atoms with Crippen molar-refractivity contribution in [2.75, 3.05) is 19.7 Å². The summed E-state index contributed by atoms with van der Waals surface area (Å²) in [7, 11) is 0. The fourth-order valence-electron chi connectivity index (χ4n) is 7.13. The zero-order chi connectivity index (χ0) is 32.0. The third-order valence-corrected chi connectivity index (χ3v) is 9.14. The summed E-state index contributed by atoms with van der Waals surface area (Å²) in [5.74, 6) is -3.05. The van der Waals surface area contributed by atoms with Crippen LogP contribution in [0, 0.1) is 11.8 Å². The minimum atomic E-state index is -1.15. The summed E-state index contributed by atoms with van der Waals surface area (Å²) in [6.45, 7) is 13.6. The molecule has 3 aliphatic heterocycles. The molecule has 4 rings (SSSR count). The number of hydrogen-bond acceptors (Lipinski definition) is 7. The van der Waals surface area contributed by atoms with Gasteiger partial charge in [-0.2, -0.15) is 0 Å². The highest BCUT2D eigenvalue weighted by atomic mass is 16.6. The lowest BCUT2D eigenvalue weighted by Gasteiger charge is -2.38. The van der Waals surface area contributed by atoms with Crippen molar-refractivity contribution in [3.05, 3.63) is 61.2 Å². The van der Waals surface area contributed by atoms with Crippen LogP contribution in [0.25, 0.3) is 0 Å². The maximum Gasteiger partial charge on any atom is 0.313 e. The van der Waals surface area contributed by atoms with E-state index in [0.29, 0.717) is 44.2 Å². The topological polar surface area (TPSA) is 125 Å². The third-order valence-electron chi connectivity index (χ3n) is 9.14. The van der Waals surface area contributed by atoms with Gasteiger partial charge in [0.15, 0.2) is 0 Å². The van der Waals surface area contributed by atoms with Gasteiger partial charge >= 0.3 is 5.97 Å². The maximum atomic E-state index is 14.2. The number of carbonyl (C=O) groups is 4. The SMILES string of the molecule is C=CCCC(=O)N[C@@H](C)[C@H](OC(=O)[C@@H]1[C@H]2C(=O)N(CCCCO)[C@H](C(=O)N(CC=C)C(C)C)[C@]23CC[C@H]1O3)c1ccccc1. The number of rotatable bonds is 16. The summed E-state index contributed by atoms with van der Waals surface area (Å²) in [4.78, 5) is 58.3. The standard InChI is InChI=1S/C34H47N3O7/c1-6-8-16-26(39)35-23(5)29(24-14-10-9-11-15-24)43-33(42)27-25-17-18-34(44-25)28(27)31(40)37(20-12-13-21-38)30(34)32(41)36(19-7-2)22(3)4/h6-7,9-11,14-15,22-23,25,27-30,38H,1-2,8,12-13,16-21H2,3-5H3,(H,35,39)/t23-,25+,27-,28-,29-,30+,34-/m0/s1. The molecule has 7 atom stereocenters. The van der Waals surface area contributed by atoms with Gasteiger partial charge in [0.05, 0.1) is 24.0 Å². The molecule has 0 unspecified atom stereocenters. The van der Waals surface area contributed by atoms with Crippen molar-refractivity contribution in [1.29, 1.82) is 0 Å². The Bertz CT molecular complexity index is 1220. The Morgan fingerprint density at radius 3 is 2.55 bits per heavy atom. The first-order valence-corrected chi connectivity index (χ1v) is 15.8. The van der Waals surface area contributed by atoms with E-state index in [4.69, 9.17) is 9.47 Å². The van der Waals surface area contributed by atoms with Crippen LogP contribution in [0.4, 0.5) is 0 Å². The quantitative estimate of drug-likeness (QED) is 0.167. The van der Waals surface area contributed by atoms with Gasteiger partial charge in [0.25, 0.3) is 0 Å². The monoisotopic (exact) mass is 609 g/mol. The van der Waals surface area contributed by atoms with E-state index in [1.807, 2.05) is 44.2 Å². The highest BCUT2D eigenvalue weighted by Crippen LogP contribution is 2.59. The molecule has 3 aliphatic rings. The number of aliphatic hydroxyl groups excluding tert-OH is 1. The van der Waals surface area contributed by atoms with Crippen molar-refractivity contribution in [2.45, 2.75) is 95.2 Å². The van der Waals surface area contributed by atoms with Gasteiger partial charge in [0.1, 0.15) is 17.7 Å². The first-order valence-electron chi connectivity index (χ1n) is 15.8. The van der Waals surface area contributed by atoms with Gasteiger partial charge in [-0.1, -0.05) is 42.5 Å². The number of nitrogens with zero attached hydrogens (tertiary/aromatic N) is 2. The molecular formula is C34H47N3O7. The Morgan fingerprint density at radius 2 is 1.91 bits per heavy atom. The van der Waals surface area contributed by atoms with Gasteiger partial charge in [-0.3, -0.25) is 19.2 Å². The van der Waals surface area contributed by atoms with Crippen LogP contribution in [0.3, 0.4) is 0 Å². The van der Waals surface area contributed by atoms with Gasteiger partial charge in [0, 0.05) is 32.2 Å². The number of hydrogen-bond donors (Lipinski definition) is 2. The van der Waals surface area contributed by atoms with Crippen molar-refractivity contribution < 1.29 is 33.8 Å². The van der Waals surface area contributed by atoms with E-state index < -0.39 is 47.7 Å². The van der Waals surface area contributed by atoms with Gasteiger partial charge < -0.3 is 29.7 Å². The lowest BCUT2D eigenvalue weighted by Crippen LogP contribution is -2.57. The van der Waals surface area contributed by atoms with Crippen molar-refractivity contribution in [3.8, 4) is 0 Å². The van der Waals surface area contributed by atoms with E-state index in [2.05, 4.69) is 18.5 Å². The molecule has 3 heterocycles. The lowest BCUT2D eigenvalue weighted by atomic mass is 9.70. The molecule has 240 valence electrons. The zero-order valence-corrected chi connectivity index (χ0v) is 26.2. The lowest BCUT2D eigenvalue weighted by molar-refractivity contribution is -0.162. The van der Waals surface area contributed by atoms with Crippen molar-refractivity contribution >= 4 is 23.7 Å². The van der Waals surface area contributed by atoms with E-state index in [1.165, 1.54) is 0 Å². The molecule has 0 aliphatic carbocycles. The number of allylic oxidation sites excluding steroid dienone is 1. The smallest absolute Gasteiger partial charge is 0.313 e. The number of unbranched alkanes of at least 4 members (excludes halogenated alkanes) is 1. The summed E-state index contributed by atoms with van der Waals surface area (Å²) in [5, 5.41) is 12.3. The fourth-order valence-corrected chi connectivity index (χ4v) is 7.13. The molecule has 0 radical (unpaired) electrons. The van der Waals surface area contributed by atoms with Crippen LogP contribution >= 0.6 is 0 Å². The molecule has 1 aromatic rings. The first kappa shape index (κ1) is 33.4. The second-order valence-corrected chi connectivity index (χ2v) is 12.3. The minimum Gasteiger partial charge on any atom is -0.455 e. The summed E-state index contributed by atoms with van der Waals surface area (Å²) >= 11 is 0. The predicted octanol–water partition coefficient (Wildman–Crippen LogP) is 3.31. The Morgan fingerprint density at radius 1 is 1.18 bits per heavy atom. The molecule has 10 nitrogen and oxygen atoms in total. The number of aliphatic hydroxyl groups is 1. The van der Waals surface area contributed by atoms with Crippen LogP contribution in [-0.4, -0.2) is 88.1 Å². The van der Waals surface area contributed by atoms with Crippen LogP contribution in [0.5, 0.6) is 0 Å². The summed E-state index contributed by atoms with van der Waals surface area (Å²) < 4.78 is 12.7. The maximum absolute atomic E-state index is 14.2. The number of fused-ring (bicyclic) bond motifs is 1. The van der Waals surface area contributed by atoms with E-state index >= 15 is 0 Å². The first-order chi connectivity index (χ1) is 21.1. The van der Waals surface area contributed by atoms with Gasteiger partial charge in [0.2, 0.25) is 17.7 Å². The molecule has 1 aromatic carbocycles. The van der Waals surface area contributed by atoms with Gasteiger partial charge in [-0.15, -0.1) is 13.2 Å². The number of carbonyl (C=O) groups excluding carboxylic acids is 4. The Hall–Kier alpha value is -3.50. The molecule has 0 saturated carbocycles. The third kappa shape index (κ3) is 6.47. The number of nitrogens with one attached hydrogen (secondary N) is 1. The van der Waals surface area contributed by atoms with Crippen LogP contribution in [0.1, 0.15) is 71.0 Å². The number of esters is 1. The second-order valence-electron chi connectivity index (χ2n) is 12.3. The van der Waals surface area contributed by atoms with Crippen LogP contribution in [0.2, 0.25) is 0 Å². The second kappa shape index (κ2) is 14.5. The molecule has 0 aromatic heterocycles. The van der Waals surface area contributed by atoms with Gasteiger partial charge in [-0.25, -0.2) is 0 Å². The van der Waals surface area contributed by atoms with Crippen LogP contribution in [0.15, 0.2) is 55.6 Å². The van der Waals surface area contributed by atoms with E-state index in [0.717, 1.165) is 0 Å². The number of likely N-dealkylation sites (tertiary alicyclic amines) is 1. The fraction of sp³-hybridized carbons (Fsp3) is 0.588. The summed E-state index contributed by atoms with van der Waals surface area (Å²) in [6, 6.07) is 7.62. The Balaban J connectivity index is 1.65. The van der Waals surface area contributed by atoms with Gasteiger partial charge in [-0.05, 0) is 58.4 Å². The normalized spacial score (nSPS) is 26.7. The molecule has 3 fully saturated rings. The molecule has 44 heavy (non-hydrogen) atoms. The summed E-state index contributed by atoms with van der Waals surface area (Å²) in [6.07, 6.45) is 4.74. The Labute approximate surface area is 260 Å². The molecular weight excluding hydrogens is 562 g/mol. The molecule has 10 heteroatoms. The highest BCUT2D eigenvalue weighted by molar-refractivity contribution is 5.98. The highest BCUT2D eigenvalue weighted by Gasteiger charge is 2.75. The van der Waals surface area contributed by atoms with Crippen molar-refractivity contribution in [1.82, 2.24) is 15.1 Å². The minimum absolute atomic E-state index is 0.0273. The van der Waals surface area contributed by atoms with Crippen LogP contribution < -0.4 is 5.32 Å². The van der Waals surface area contributed by atoms with E-state index in [1.54, 1.807) is 28.9 Å². The molecule has 1 spiro atoms. The average Bonchev–Trinajstić information content (AvgIpc) is 3.65. The Kier molecular flexibility index (Phi) is 11.0. The zero-order valence-electron chi connectivity index (χ0n) is 26.2. The number of ether oxygens (including phenoxy) is 2. The molecule has 2 N–H and O–H groups in total. The molecule has 2 bridgehead atoms. The van der Waals surface area contributed by atoms with Crippen molar-refractivity contribution in [3.63, 3.8) is 0 Å². The number of amides is 3. The average molecular weight is 610 g/mol. The van der Waals surface area contributed by atoms with E-state index in [9.17, 15) is 24.3 Å². The van der Waals surface area contributed by atoms with E-state index in [-0.39, 0.29) is 43.3 Å².